The van der Waals surface area contributed by atoms with E-state index < -0.39 is 30.9 Å². The Morgan fingerprint density at radius 1 is 0.180 bits per heavy atom. The molecule has 0 aromatic heterocycles. The second kappa shape index (κ2) is 79.6. The van der Waals surface area contributed by atoms with E-state index in [1.165, 1.54) is 417 Å². The van der Waals surface area contributed by atoms with Crippen LogP contribution in [0, 0.1) is 178 Å². The van der Waals surface area contributed by atoms with Crippen molar-refractivity contribution >= 4 is 0 Å². The lowest BCUT2D eigenvalue weighted by Gasteiger charge is -2.43. The van der Waals surface area contributed by atoms with Crippen molar-refractivity contribution in [2.75, 3.05) is 0 Å². The van der Waals surface area contributed by atoms with Crippen LogP contribution >= 0.6 is 0 Å². The summed E-state index contributed by atoms with van der Waals surface area (Å²) in [5, 5.41) is 0. The molecule has 15 nitrogen and oxygen atoms in total. The highest BCUT2D eigenvalue weighted by Gasteiger charge is 2.47. The van der Waals surface area contributed by atoms with Gasteiger partial charge in [0.2, 0.25) is 0 Å². The van der Waals surface area contributed by atoms with E-state index in [1.807, 2.05) is 0 Å². The van der Waals surface area contributed by atoms with Gasteiger partial charge in [0.25, 0.3) is 0 Å². The van der Waals surface area contributed by atoms with Crippen molar-refractivity contribution < 1.29 is 104 Å². The van der Waals surface area contributed by atoms with Gasteiger partial charge in [0.15, 0.2) is 0 Å². The third-order valence-corrected chi connectivity index (χ3v) is 41.5. The highest BCUT2D eigenvalue weighted by atomic mass is 19.2. The number of allylic oxidation sites excluding steroid dienone is 2. The Hall–Kier alpha value is -1.47. The van der Waals surface area contributed by atoms with Crippen LogP contribution in [0.4, 0.5) is 22.0 Å². The average Bonchev–Trinajstić information content (AvgIpc) is 0.831. The Morgan fingerprint density at radius 3 is 0.540 bits per heavy atom. The monoisotopic (exact) mass is 2000 g/mol. The molecule has 15 unspecified atom stereocenters. The maximum Gasteiger partial charge on any atom is 0.103 e. The van der Waals surface area contributed by atoms with E-state index in [9.17, 15) is 0 Å². The highest BCUT2D eigenvalue weighted by Crippen LogP contribution is 2.55. The second-order valence-corrected chi connectivity index (χ2v) is 48.6. The minimum absolute atomic E-state index is 0. The van der Waals surface area contributed by atoms with Gasteiger partial charge in [0.05, 0.1) is 0 Å². The van der Waals surface area contributed by atoms with E-state index >= 15 is 22.0 Å². The van der Waals surface area contributed by atoms with Crippen LogP contribution in [0.1, 0.15) is 518 Å². The summed E-state index contributed by atoms with van der Waals surface area (Å²) in [6, 6.07) is 0. The van der Waals surface area contributed by atoms with Crippen LogP contribution in [0.3, 0.4) is 0 Å². The maximum absolute atomic E-state index is 15.1. The molecule has 0 spiro atoms. The van der Waals surface area contributed by atoms with Crippen molar-refractivity contribution in [3.63, 3.8) is 0 Å². The minimum atomic E-state index is -0.502. The number of unbranched alkanes of at least 4 members (excludes halogenated alkanes) is 3. The normalized spacial score (nSPS) is 38.6. The number of rotatable bonds is 29. The Morgan fingerprint density at radius 2 is 0.353 bits per heavy atom. The lowest BCUT2D eigenvalue weighted by atomic mass is 9.64. The molecule has 840 valence electrons. The largest absolute Gasteiger partial charge is 0.412 e. The van der Waals surface area contributed by atoms with Gasteiger partial charge in [-0.05, 0) is 428 Å². The number of hydrogen-bond acceptors (Lipinski definition) is 0. The van der Waals surface area contributed by atoms with Gasteiger partial charge in [-0.15, -0.1) is 13.2 Å². The molecule has 0 heterocycles. The topological polar surface area (TPSA) is 472 Å². The first kappa shape index (κ1) is 146. The Kier molecular flexibility index (Phi) is 83.6. The molecule has 0 amide bonds. The van der Waals surface area contributed by atoms with E-state index in [0.29, 0.717) is 88.8 Å². The summed E-state index contributed by atoms with van der Waals surface area (Å²) in [6.45, 7) is 26.3. The first-order chi connectivity index (χ1) is 60.5. The van der Waals surface area contributed by atoms with E-state index in [1.54, 1.807) is 0 Å². The fourth-order valence-electron chi connectivity index (χ4n) is 32.5. The second-order valence-electron chi connectivity index (χ2n) is 48.6. The summed E-state index contributed by atoms with van der Waals surface area (Å²) in [7, 11) is 0. The molecule has 20 heteroatoms. The summed E-state index contributed by atoms with van der Waals surface area (Å²) in [6.07, 6.45) is 96.3. The molecule has 15 saturated carbocycles. The lowest BCUT2D eigenvalue weighted by Crippen LogP contribution is -2.36. The van der Waals surface area contributed by atoms with Gasteiger partial charge in [0.1, 0.15) is 30.9 Å². The van der Waals surface area contributed by atoms with E-state index in [0.717, 1.165) is 134 Å². The maximum atomic E-state index is 15.1. The first-order valence-corrected chi connectivity index (χ1v) is 57.9. The van der Waals surface area contributed by atoms with Gasteiger partial charge >= 0.3 is 0 Å². The van der Waals surface area contributed by atoms with Crippen LogP contribution in [-0.4, -0.2) is 113 Å². The molecular weight excluding hydrogens is 1760 g/mol. The van der Waals surface area contributed by atoms with Crippen molar-refractivity contribution in [3.05, 3.63) is 25.3 Å². The number of hydrogen-bond donors (Lipinski definition) is 0. The predicted octanol–water partition coefficient (Wildman–Crippen LogP) is 26.6. The Balaban J connectivity index is -0.000000524. The lowest BCUT2D eigenvalue weighted by molar-refractivity contribution is 0.0326. The molecule has 15 fully saturated rings. The van der Waals surface area contributed by atoms with Gasteiger partial charge in [0, 0.05) is 0 Å². The summed E-state index contributed by atoms with van der Waals surface area (Å²) < 4.78 is 75.3. The Bertz CT molecular complexity index is 2770. The summed E-state index contributed by atoms with van der Waals surface area (Å²) in [5.41, 5.74) is 0. The summed E-state index contributed by atoms with van der Waals surface area (Å²) in [5.74, 6) is 22.7. The molecule has 139 heavy (non-hydrogen) atoms. The third kappa shape index (κ3) is 46.1. The van der Waals surface area contributed by atoms with Gasteiger partial charge in [-0.3, -0.25) is 0 Å². The van der Waals surface area contributed by atoms with Crippen LogP contribution in [0.2, 0.25) is 0 Å². The molecule has 0 aromatic rings. The van der Waals surface area contributed by atoms with E-state index in [2.05, 4.69) is 80.7 Å². The summed E-state index contributed by atoms with van der Waals surface area (Å²) in [4.78, 5) is 0. The molecule has 0 aliphatic heterocycles. The smallest absolute Gasteiger partial charge is 0.103 e. The molecule has 0 saturated heterocycles. The average molecular weight is 2010 g/mol. The fraction of sp³-hybridized carbons (Fsp3) is 0.966. The van der Waals surface area contributed by atoms with Crippen LogP contribution in [0.15, 0.2) is 25.3 Å². The fourth-order valence-corrected chi connectivity index (χ4v) is 32.5. The van der Waals surface area contributed by atoms with Crippen LogP contribution in [-0.2, 0) is 0 Å². The van der Waals surface area contributed by atoms with Crippen LogP contribution in [0.5, 0.6) is 0 Å². The zero-order chi connectivity index (χ0) is 87.5. The van der Waals surface area contributed by atoms with Crippen molar-refractivity contribution in [1.82, 2.24) is 0 Å². The van der Waals surface area contributed by atoms with Crippen molar-refractivity contribution in [2.45, 2.75) is 549 Å². The molecule has 15 aliphatic rings. The van der Waals surface area contributed by atoms with Crippen molar-refractivity contribution in [1.29, 1.82) is 0 Å². The molecule has 0 bridgehead atoms. The number of halogens is 5. The number of alkyl halides is 5. The molecule has 15 rings (SSSR count). The molecular formula is C119H239F5O15. The molecule has 0 aromatic carbocycles. The van der Waals surface area contributed by atoms with Crippen molar-refractivity contribution in [2.24, 2.45) is 178 Å². The highest BCUT2D eigenvalue weighted by molar-refractivity contribution is 4.98. The quantitative estimate of drug-likeness (QED) is 0.0383. The van der Waals surface area contributed by atoms with Gasteiger partial charge < -0.3 is 82.1 Å². The molecule has 0 radical (unpaired) electrons. The Labute approximate surface area is 850 Å². The standard InChI is InChI=1S/C25H45F.C24H43F.C24H41F.C23H39F.C23H41F.15H2O/c1-3-5-6-7-20-10-14-22(15-11-20)24-17-16-23(18-25(24)26)21-12-8-19(4-2)9-13-21;2*1-3-5-6-19-9-13-21(14-10-19)23-16-15-22(17-24(23)25)20-11-7-18(4-2)8-12-20;1-3-4-5-18-8-12-20(13-9-18)22-15-14-21(16-23(22)24)19-10-6-17(2)7-11-19;1-3-5-18-8-12-20(13-9-18)22-15-14-21(16-23(22)24)19-10-6-17(4-2)7-11-19;;;;;;;;;;;;;;;/h19-25H,3-18H2,1-2H3;18-24H,3-17H2,1-2H3;3,18-24H,1,4-17H2,2H3;3,17-23H,1,4-16H2,2H3;17-23H,3-16H2,1-2H3;15*1H2. The minimum Gasteiger partial charge on any atom is -0.412 e. The third-order valence-electron chi connectivity index (χ3n) is 41.5. The summed E-state index contributed by atoms with van der Waals surface area (Å²) >= 11 is 0. The van der Waals surface area contributed by atoms with Crippen molar-refractivity contribution in [3.8, 4) is 0 Å². The van der Waals surface area contributed by atoms with Gasteiger partial charge in [-0.1, -0.05) is 279 Å². The van der Waals surface area contributed by atoms with E-state index in [4.69, 9.17) is 0 Å². The molecule has 15 atom stereocenters. The molecule has 15 aliphatic carbocycles. The SMILES string of the molecule is C=CCCC1CCC(C2CCC(C3CCC(C)CC3)CC2F)CC1.C=CCCC1CCC(C2CCC(C3CCC(CC)CC3)CC2F)CC1.CCCC1CCC(C2CCC(C3CCC(CC)CC3)CC2F)CC1.CCCCC1CCC(C2CCC(C3CCC(CC)CC3)CC2F)CC1.CCCCCC1CCC(C2CCC(C3CCC(CC)CC3)CC2F)CC1.O.O.O.O.O.O.O.O.O.O.O.O.O.O.O. The van der Waals surface area contributed by atoms with Gasteiger partial charge in [-0.2, -0.15) is 0 Å². The zero-order valence-corrected chi connectivity index (χ0v) is 91.1. The van der Waals surface area contributed by atoms with Crippen LogP contribution < -0.4 is 0 Å². The van der Waals surface area contributed by atoms with Crippen LogP contribution in [0.25, 0.3) is 0 Å². The zero-order valence-electron chi connectivity index (χ0n) is 91.1. The van der Waals surface area contributed by atoms with E-state index in [-0.39, 0.29) is 82.1 Å². The first-order valence-electron chi connectivity index (χ1n) is 57.9. The predicted molar refractivity (Wildman–Crippen MR) is 582 cm³/mol. The van der Waals surface area contributed by atoms with Gasteiger partial charge in [-0.25, -0.2) is 22.0 Å². The molecule has 30 N–H and O–H groups in total.